The van der Waals surface area contributed by atoms with Gasteiger partial charge in [-0.25, -0.2) is 9.50 Å². The van der Waals surface area contributed by atoms with Crippen molar-refractivity contribution in [2.45, 2.75) is 27.4 Å². The number of aromatic nitrogens is 5. The fourth-order valence-corrected chi connectivity index (χ4v) is 3.12. The zero-order valence-corrected chi connectivity index (χ0v) is 14.7. The number of Topliss-reactive ketones (excluding diaryl/α,β-unsaturated/α-hetero) is 1. The maximum Gasteiger partial charge on any atom is 0.253 e. The lowest BCUT2D eigenvalue weighted by Crippen LogP contribution is -2.09. The highest BCUT2D eigenvalue weighted by Crippen LogP contribution is 2.23. The molecule has 0 unspecified atom stereocenters. The fourth-order valence-electron chi connectivity index (χ4n) is 3.12. The standard InChI is InChI=1S/C19H17N5O2/c1-11-17(13(3)25)12(2)24-19(21-11)22-16(23-24)10-26-15-8-4-6-14-7-5-9-20-18(14)15/h4-9H,10H2,1-3H3. The van der Waals surface area contributed by atoms with Crippen LogP contribution in [0.1, 0.15) is 34.5 Å². The van der Waals surface area contributed by atoms with Gasteiger partial charge >= 0.3 is 0 Å². The zero-order chi connectivity index (χ0) is 18.3. The van der Waals surface area contributed by atoms with E-state index in [1.807, 2.05) is 37.3 Å². The Balaban J connectivity index is 1.67. The lowest BCUT2D eigenvalue weighted by atomic mass is 10.1. The number of hydrogen-bond donors (Lipinski definition) is 0. The maximum absolute atomic E-state index is 11.8. The predicted octanol–water partition coefficient (Wildman–Crippen LogP) is 3.07. The van der Waals surface area contributed by atoms with Crippen molar-refractivity contribution < 1.29 is 9.53 Å². The molecule has 0 aliphatic heterocycles. The van der Waals surface area contributed by atoms with Gasteiger partial charge in [0.1, 0.15) is 17.9 Å². The van der Waals surface area contributed by atoms with Gasteiger partial charge < -0.3 is 4.74 Å². The van der Waals surface area contributed by atoms with Crippen molar-refractivity contribution >= 4 is 22.5 Å². The van der Waals surface area contributed by atoms with Gasteiger partial charge in [-0.05, 0) is 32.9 Å². The first-order valence-electron chi connectivity index (χ1n) is 8.25. The van der Waals surface area contributed by atoms with Crippen LogP contribution in [-0.4, -0.2) is 30.3 Å². The van der Waals surface area contributed by atoms with E-state index >= 15 is 0 Å². The maximum atomic E-state index is 11.8. The number of ketones is 1. The Labute approximate surface area is 149 Å². The van der Waals surface area contributed by atoms with Gasteiger partial charge in [0.15, 0.2) is 11.6 Å². The van der Waals surface area contributed by atoms with Crippen LogP contribution in [0.2, 0.25) is 0 Å². The number of carbonyl (C=O) groups is 1. The summed E-state index contributed by atoms with van der Waals surface area (Å²) in [5, 5.41) is 5.44. The molecule has 3 aromatic heterocycles. The number of carbonyl (C=O) groups excluding carboxylic acids is 1. The first kappa shape index (κ1) is 16.1. The van der Waals surface area contributed by atoms with E-state index in [2.05, 4.69) is 20.1 Å². The van der Waals surface area contributed by atoms with E-state index in [1.54, 1.807) is 17.6 Å². The van der Waals surface area contributed by atoms with Crippen LogP contribution < -0.4 is 4.74 Å². The molecule has 0 bridgehead atoms. The molecular weight excluding hydrogens is 330 g/mol. The summed E-state index contributed by atoms with van der Waals surface area (Å²) in [7, 11) is 0. The average molecular weight is 347 g/mol. The quantitative estimate of drug-likeness (QED) is 0.528. The lowest BCUT2D eigenvalue weighted by Gasteiger charge is -2.06. The van der Waals surface area contributed by atoms with E-state index in [4.69, 9.17) is 4.74 Å². The molecule has 130 valence electrons. The predicted molar refractivity (Wildman–Crippen MR) is 96.3 cm³/mol. The Hall–Kier alpha value is -3.35. The molecule has 4 rings (SSSR count). The van der Waals surface area contributed by atoms with Gasteiger partial charge in [-0.2, -0.15) is 4.98 Å². The summed E-state index contributed by atoms with van der Waals surface area (Å²) in [5.41, 5.74) is 2.75. The van der Waals surface area contributed by atoms with Crippen molar-refractivity contribution in [1.29, 1.82) is 0 Å². The van der Waals surface area contributed by atoms with Gasteiger partial charge in [0.05, 0.1) is 17.0 Å². The van der Waals surface area contributed by atoms with Gasteiger partial charge in [-0.15, -0.1) is 5.10 Å². The molecule has 0 fully saturated rings. The van der Waals surface area contributed by atoms with Gasteiger partial charge in [-0.3, -0.25) is 9.78 Å². The van der Waals surface area contributed by atoms with E-state index in [1.165, 1.54) is 6.92 Å². The molecular formula is C19H17N5O2. The van der Waals surface area contributed by atoms with Crippen LogP contribution in [0.5, 0.6) is 5.75 Å². The number of hydrogen-bond acceptors (Lipinski definition) is 6. The lowest BCUT2D eigenvalue weighted by molar-refractivity contribution is 0.101. The van der Waals surface area contributed by atoms with Crippen molar-refractivity contribution in [3.8, 4) is 5.75 Å². The normalized spacial score (nSPS) is 11.2. The second kappa shape index (κ2) is 6.18. The topological polar surface area (TPSA) is 82.3 Å². The molecule has 0 aliphatic carbocycles. The molecule has 0 spiro atoms. The minimum Gasteiger partial charge on any atom is -0.483 e. The number of rotatable bonds is 4. The zero-order valence-electron chi connectivity index (χ0n) is 14.7. The molecule has 0 saturated heterocycles. The van der Waals surface area contributed by atoms with Gasteiger partial charge in [-0.1, -0.05) is 18.2 Å². The number of para-hydroxylation sites is 1. The summed E-state index contributed by atoms with van der Waals surface area (Å²) in [6.45, 7) is 5.35. The Bertz CT molecular complexity index is 1140. The number of ether oxygens (including phenoxy) is 1. The Morgan fingerprint density at radius 1 is 1.15 bits per heavy atom. The number of aryl methyl sites for hydroxylation is 2. The second-order valence-corrected chi connectivity index (χ2v) is 6.07. The van der Waals surface area contributed by atoms with Crippen LogP contribution in [0.15, 0.2) is 36.5 Å². The largest absolute Gasteiger partial charge is 0.483 e. The van der Waals surface area contributed by atoms with Crippen molar-refractivity contribution in [2.24, 2.45) is 0 Å². The van der Waals surface area contributed by atoms with E-state index in [-0.39, 0.29) is 12.4 Å². The molecule has 0 aliphatic rings. The minimum atomic E-state index is -0.0375. The van der Waals surface area contributed by atoms with Crippen molar-refractivity contribution in [2.75, 3.05) is 0 Å². The van der Waals surface area contributed by atoms with E-state index in [0.29, 0.717) is 28.6 Å². The third-order valence-corrected chi connectivity index (χ3v) is 4.25. The molecule has 1 aromatic carbocycles. The van der Waals surface area contributed by atoms with Crippen LogP contribution in [0, 0.1) is 13.8 Å². The molecule has 0 atom stereocenters. The Kier molecular flexibility index (Phi) is 3.84. The van der Waals surface area contributed by atoms with E-state index in [9.17, 15) is 4.79 Å². The summed E-state index contributed by atoms with van der Waals surface area (Å²) >= 11 is 0. The fraction of sp³-hybridized carbons (Fsp3) is 0.211. The number of benzene rings is 1. The van der Waals surface area contributed by atoms with E-state index in [0.717, 1.165) is 16.6 Å². The Morgan fingerprint density at radius 3 is 2.77 bits per heavy atom. The molecule has 0 radical (unpaired) electrons. The van der Waals surface area contributed by atoms with Crippen LogP contribution in [0.3, 0.4) is 0 Å². The van der Waals surface area contributed by atoms with Crippen molar-refractivity contribution in [3.63, 3.8) is 0 Å². The Morgan fingerprint density at radius 2 is 1.96 bits per heavy atom. The first-order chi connectivity index (χ1) is 12.5. The number of nitrogens with zero attached hydrogens (tertiary/aromatic N) is 5. The van der Waals surface area contributed by atoms with Gasteiger partial charge in [0, 0.05) is 11.6 Å². The summed E-state index contributed by atoms with van der Waals surface area (Å²) in [6, 6.07) is 9.64. The summed E-state index contributed by atoms with van der Waals surface area (Å²) in [6.07, 6.45) is 1.73. The summed E-state index contributed by atoms with van der Waals surface area (Å²) < 4.78 is 7.47. The molecule has 7 heteroatoms. The second-order valence-electron chi connectivity index (χ2n) is 6.07. The number of pyridine rings is 1. The molecule has 0 saturated carbocycles. The van der Waals surface area contributed by atoms with Gasteiger partial charge in [0.25, 0.3) is 5.78 Å². The van der Waals surface area contributed by atoms with Crippen molar-refractivity contribution in [3.05, 3.63) is 59.3 Å². The first-order valence-corrected chi connectivity index (χ1v) is 8.25. The van der Waals surface area contributed by atoms with Gasteiger partial charge in [0.2, 0.25) is 0 Å². The molecule has 4 aromatic rings. The van der Waals surface area contributed by atoms with Crippen molar-refractivity contribution in [1.82, 2.24) is 24.6 Å². The van der Waals surface area contributed by atoms with Crippen LogP contribution >= 0.6 is 0 Å². The molecule has 3 heterocycles. The van der Waals surface area contributed by atoms with Crippen LogP contribution in [-0.2, 0) is 6.61 Å². The number of fused-ring (bicyclic) bond motifs is 2. The molecule has 7 nitrogen and oxygen atoms in total. The highest BCUT2D eigenvalue weighted by Gasteiger charge is 2.16. The molecule has 0 amide bonds. The molecule has 0 N–H and O–H groups in total. The van der Waals surface area contributed by atoms with E-state index < -0.39 is 0 Å². The SMILES string of the molecule is CC(=O)c1c(C)nc2nc(COc3cccc4cccnc34)nn2c1C. The third-order valence-electron chi connectivity index (χ3n) is 4.25. The minimum absolute atomic E-state index is 0.0375. The summed E-state index contributed by atoms with van der Waals surface area (Å²) in [4.78, 5) is 25.0. The highest BCUT2D eigenvalue weighted by atomic mass is 16.5. The third kappa shape index (κ3) is 2.67. The smallest absolute Gasteiger partial charge is 0.253 e. The van der Waals surface area contributed by atoms with Crippen LogP contribution in [0.4, 0.5) is 0 Å². The average Bonchev–Trinajstić information content (AvgIpc) is 3.02. The van der Waals surface area contributed by atoms with Crippen LogP contribution in [0.25, 0.3) is 16.7 Å². The summed E-state index contributed by atoms with van der Waals surface area (Å²) in [5.74, 6) is 1.59. The monoisotopic (exact) mass is 347 g/mol. The molecule has 26 heavy (non-hydrogen) atoms. The highest BCUT2D eigenvalue weighted by molar-refractivity contribution is 5.96.